The van der Waals surface area contributed by atoms with Crippen LogP contribution in [0.2, 0.25) is 0 Å². The molecule has 1 heterocycles. The zero-order chi connectivity index (χ0) is 30.3. The lowest BCUT2D eigenvalue weighted by Crippen LogP contribution is -2.09. The quantitative estimate of drug-likeness (QED) is 0.0839. The number of fused-ring (bicyclic) bond motifs is 1. The van der Waals surface area contributed by atoms with Crippen LogP contribution in [0, 0.1) is 0 Å². The van der Waals surface area contributed by atoms with Gasteiger partial charge in [0.1, 0.15) is 5.58 Å². The molecule has 0 amide bonds. The van der Waals surface area contributed by atoms with Gasteiger partial charge in [-0.1, -0.05) is 89.5 Å². The maximum atomic E-state index is 12.8. The van der Waals surface area contributed by atoms with Crippen LogP contribution in [0.3, 0.4) is 0 Å². The number of benzene rings is 2. The molecule has 0 radical (unpaired) electrons. The lowest BCUT2D eigenvalue weighted by molar-refractivity contribution is -0.137. The number of carboxylic acid groups (broad SMARTS) is 1. The van der Waals surface area contributed by atoms with Crippen molar-refractivity contribution in [1.82, 2.24) is 0 Å². The minimum Gasteiger partial charge on any atom is -0.481 e. The van der Waals surface area contributed by atoms with E-state index >= 15 is 0 Å². The van der Waals surface area contributed by atoms with E-state index in [2.05, 4.69) is 38.1 Å². The van der Waals surface area contributed by atoms with Gasteiger partial charge in [0.25, 0.3) is 0 Å². The van der Waals surface area contributed by atoms with Crippen LogP contribution in [0.15, 0.2) is 56.6 Å². The summed E-state index contributed by atoms with van der Waals surface area (Å²) in [5, 5.41) is 9.68. The number of thioether (sulfide) groups is 1. The van der Waals surface area contributed by atoms with Crippen LogP contribution in [-0.4, -0.2) is 24.2 Å². The van der Waals surface area contributed by atoms with E-state index in [-0.39, 0.29) is 22.9 Å². The van der Waals surface area contributed by atoms with Crippen molar-refractivity contribution >= 4 is 34.7 Å². The number of esters is 1. The van der Waals surface area contributed by atoms with E-state index in [9.17, 15) is 14.4 Å². The highest BCUT2D eigenvalue weighted by Crippen LogP contribution is 2.42. The minimum absolute atomic E-state index is 0.101. The molecule has 0 saturated carbocycles. The van der Waals surface area contributed by atoms with Crippen molar-refractivity contribution in [3.63, 3.8) is 0 Å². The van der Waals surface area contributed by atoms with Crippen molar-refractivity contribution in [3.8, 4) is 0 Å². The highest BCUT2D eigenvalue weighted by Gasteiger charge is 2.21. The second kappa shape index (κ2) is 17.8. The third-order valence-corrected chi connectivity index (χ3v) is 9.07. The molecule has 1 unspecified atom stereocenters. The number of carboxylic acids is 1. The number of carbonyl (C=O) groups excluding carboxylic acids is 1. The molecule has 1 N–H and O–H groups in total. The van der Waals surface area contributed by atoms with Gasteiger partial charge in [0.15, 0.2) is 5.43 Å². The number of hydrogen-bond donors (Lipinski definition) is 1. The average molecular weight is 595 g/mol. The SMILES string of the molecule is CCCCCCCCCc1ccc(C(CCCCC(=O)O)Sc2ccc3c(=O)cc(C(=O)OC)oc3c2CCC)cc1. The van der Waals surface area contributed by atoms with Crippen LogP contribution < -0.4 is 5.43 Å². The first-order chi connectivity index (χ1) is 20.4. The Morgan fingerprint density at radius 3 is 2.26 bits per heavy atom. The summed E-state index contributed by atoms with van der Waals surface area (Å²) in [6.45, 7) is 4.32. The Morgan fingerprint density at radius 1 is 0.881 bits per heavy atom. The van der Waals surface area contributed by atoms with E-state index < -0.39 is 11.9 Å². The molecule has 0 aliphatic heterocycles. The fourth-order valence-electron chi connectivity index (χ4n) is 5.29. The van der Waals surface area contributed by atoms with E-state index in [1.54, 1.807) is 17.8 Å². The van der Waals surface area contributed by atoms with Crippen LogP contribution in [0.4, 0.5) is 0 Å². The zero-order valence-corrected chi connectivity index (χ0v) is 26.2. The van der Waals surface area contributed by atoms with E-state index in [4.69, 9.17) is 14.3 Å². The Balaban J connectivity index is 1.83. The normalized spacial score (nSPS) is 12.0. The Kier molecular flexibility index (Phi) is 14.2. The predicted molar refractivity (Wildman–Crippen MR) is 171 cm³/mol. The van der Waals surface area contributed by atoms with Gasteiger partial charge >= 0.3 is 11.9 Å². The fourth-order valence-corrected chi connectivity index (χ4v) is 6.66. The van der Waals surface area contributed by atoms with Crippen LogP contribution >= 0.6 is 11.8 Å². The van der Waals surface area contributed by atoms with Crippen LogP contribution in [-0.2, 0) is 22.4 Å². The van der Waals surface area contributed by atoms with Gasteiger partial charge in [0, 0.05) is 28.2 Å². The number of carbonyl (C=O) groups is 2. The number of methoxy groups -OCH3 is 1. The largest absolute Gasteiger partial charge is 0.481 e. The van der Waals surface area contributed by atoms with Crippen LogP contribution in [0.25, 0.3) is 11.0 Å². The zero-order valence-electron chi connectivity index (χ0n) is 25.4. The van der Waals surface area contributed by atoms with Gasteiger partial charge in [0.2, 0.25) is 5.76 Å². The molecule has 0 aliphatic rings. The first-order valence-electron chi connectivity index (χ1n) is 15.5. The Hall–Kier alpha value is -3.06. The summed E-state index contributed by atoms with van der Waals surface area (Å²) in [4.78, 5) is 37.1. The fraction of sp³-hybridized carbons (Fsp3) is 0.514. The first kappa shape index (κ1) is 33.4. The lowest BCUT2D eigenvalue weighted by Gasteiger charge is -2.20. The van der Waals surface area contributed by atoms with Gasteiger partial charge in [0.05, 0.1) is 12.5 Å². The van der Waals surface area contributed by atoms with Gasteiger partial charge < -0.3 is 14.3 Å². The summed E-state index contributed by atoms with van der Waals surface area (Å²) in [6.07, 6.45) is 14.1. The summed E-state index contributed by atoms with van der Waals surface area (Å²) in [5.41, 5.74) is 3.62. The molecule has 3 aromatic rings. The predicted octanol–water partition coefficient (Wildman–Crippen LogP) is 9.30. The maximum absolute atomic E-state index is 12.8. The summed E-state index contributed by atoms with van der Waals surface area (Å²) < 4.78 is 10.8. The molecule has 2 aromatic carbocycles. The average Bonchev–Trinajstić information content (AvgIpc) is 2.99. The molecular formula is C35H46O6S. The molecule has 7 heteroatoms. The molecule has 0 bridgehead atoms. The molecule has 6 nitrogen and oxygen atoms in total. The summed E-state index contributed by atoms with van der Waals surface area (Å²) in [7, 11) is 1.26. The van der Waals surface area contributed by atoms with Crippen LogP contribution in [0.1, 0.15) is 123 Å². The second-order valence-electron chi connectivity index (χ2n) is 11.0. The van der Waals surface area contributed by atoms with Crippen LogP contribution in [0.5, 0.6) is 0 Å². The number of rotatable bonds is 19. The molecule has 1 aromatic heterocycles. The van der Waals surface area contributed by atoms with Gasteiger partial charge in [-0.15, -0.1) is 11.8 Å². The molecule has 0 saturated heterocycles. The number of aliphatic carboxylic acids is 1. The standard InChI is InChI=1S/C35H46O6S/c1-4-6-7-8-9-10-11-15-25-18-20-26(21-19-25)31(16-12-13-17-33(37)38)42-32-23-22-27-29(36)24-30(35(39)40-3)41-34(27)28(32)14-5-2/h18-24,31H,4-17H2,1-3H3,(H,37,38). The third-order valence-electron chi connectivity index (χ3n) is 7.64. The molecule has 42 heavy (non-hydrogen) atoms. The van der Waals surface area contributed by atoms with E-state index in [0.29, 0.717) is 23.8 Å². The molecule has 1 atom stereocenters. The van der Waals surface area contributed by atoms with Crippen molar-refractivity contribution in [2.75, 3.05) is 7.11 Å². The number of hydrogen-bond acceptors (Lipinski definition) is 6. The van der Waals surface area contributed by atoms with Crippen molar-refractivity contribution in [2.45, 2.75) is 114 Å². The third kappa shape index (κ3) is 10.0. The molecule has 0 spiro atoms. The monoisotopic (exact) mass is 594 g/mol. The topological polar surface area (TPSA) is 93.8 Å². The smallest absolute Gasteiger partial charge is 0.374 e. The number of ether oxygens (including phenoxy) is 1. The van der Waals surface area contributed by atoms with E-state index in [0.717, 1.165) is 36.1 Å². The summed E-state index contributed by atoms with van der Waals surface area (Å²) >= 11 is 1.72. The maximum Gasteiger partial charge on any atom is 0.374 e. The number of unbranched alkanes of at least 4 members (excludes halogenated alkanes) is 7. The molecular weight excluding hydrogens is 548 g/mol. The first-order valence-corrected chi connectivity index (χ1v) is 16.4. The van der Waals surface area contributed by atoms with Gasteiger partial charge in [-0.2, -0.15) is 0 Å². The Morgan fingerprint density at radius 2 is 1.60 bits per heavy atom. The molecule has 228 valence electrons. The second-order valence-corrected chi connectivity index (χ2v) is 12.2. The van der Waals surface area contributed by atoms with E-state index in [1.807, 2.05) is 6.07 Å². The van der Waals surface area contributed by atoms with Gasteiger partial charge in [-0.25, -0.2) is 4.79 Å². The van der Waals surface area contributed by atoms with E-state index in [1.165, 1.54) is 69.2 Å². The Labute approximate surface area is 254 Å². The molecule has 0 aliphatic carbocycles. The highest BCUT2D eigenvalue weighted by molar-refractivity contribution is 7.99. The number of aryl methyl sites for hydroxylation is 2. The van der Waals surface area contributed by atoms with Crippen molar-refractivity contribution < 1.29 is 23.8 Å². The van der Waals surface area contributed by atoms with Crippen molar-refractivity contribution in [1.29, 1.82) is 0 Å². The molecule has 0 fully saturated rings. The van der Waals surface area contributed by atoms with Crippen molar-refractivity contribution in [2.24, 2.45) is 0 Å². The van der Waals surface area contributed by atoms with Gasteiger partial charge in [-0.05, 0) is 55.4 Å². The molecule has 3 rings (SSSR count). The minimum atomic E-state index is -0.773. The summed E-state index contributed by atoms with van der Waals surface area (Å²) in [5.74, 6) is -1.55. The lowest BCUT2D eigenvalue weighted by atomic mass is 10.0. The summed E-state index contributed by atoms with van der Waals surface area (Å²) in [6, 6.07) is 13.8. The highest BCUT2D eigenvalue weighted by atomic mass is 32.2. The van der Waals surface area contributed by atoms with Crippen molar-refractivity contribution in [3.05, 3.63) is 75.1 Å². The van der Waals surface area contributed by atoms with Gasteiger partial charge in [-0.3, -0.25) is 9.59 Å². The Bertz CT molecular complexity index is 1340.